The van der Waals surface area contributed by atoms with Crippen LogP contribution in [0.5, 0.6) is 0 Å². The fraction of sp³-hybridized carbons (Fsp3) is 0.0435. The van der Waals surface area contributed by atoms with Gasteiger partial charge >= 0.3 is 0 Å². The zero-order chi connectivity index (χ0) is 19.3. The van der Waals surface area contributed by atoms with E-state index in [-0.39, 0.29) is 0 Å². The standard InChI is InChI=1S/C23H11BrN4/c24-17-5-3-16(4-6-17)22-13-27-23(28-22)20-9-14(11-25)1-7-18(20)19-8-2-15(12-26)10-21(19)23/h1-10,13H. The summed E-state index contributed by atoms with van der Waals surface area (Å²) in [6, 6.07) is 23.5. The number of rotatable bonds is 1. The predicted octanol–water partition coefficient (Wildman–Crippen LogP) is 4.95. The Labute approximate surface area is 170 Å². The van der Waals surface area contributed by atoms with Gasteiger partial charge in [0.25, 0.3) is 0 Å². The molecule has 3 aromatic rings. The number of aliphatic imine (C=N–C) groups is 2. The summed E-state index contributed by atoms with van der Waals surface area (Å²) < 4.78 is 0.996. The summed E-state index contributed by atoms with van der Waals surface area (Å²) in [6.07, 6.45) is 1.78. The molecule has 0 unspecified atom stereocenters. The second-order valence-corrected chi connectivity index (χ2v) is 7.59. The number of hydrogen-bond acceptors (Lipinski definition) is 4. The van der Waals surface area contributed by atoms with Crippen LogP contribution in [0.25, 0.3) is 11.1 Å². The molecule has 0 saturated heterocycles. The van der Waals surface area contributed by atoms with Crippen LogP contribution in [0.4, 0.5) is 0 Å². The van der Waals surface area contributed by atoms with E-state index in [9.17, 15) is 10.5 Å². The van der Waals surface area contributed by atoms with Crippen molar-refractivity contribution in [2.45, 2.75) is 5.66 Å². The van der Waals surface area contributed by atoms with Crippen LogP contribution < -0.4 is 0 Å². The normalized spacial score (nSPS) is 14.9. The van der Waals surface area contributed by atoms with Gasteiger partial charge in [-0.15, -0.1) is 0 Å². The molecule has 1 aliphatic heterocycles. The summed E-state index contributed by atoms with van der Waals surface area (Å²) in [5.41, 5.74) is 5.66. The van der Waals surface area contributed by atoms with E-state index in [2.05, 4.69) is 28.1 Å². The Morgan fingerprint density at radius 1 is 0.786 bits per heavy atom. The van der Waals surface area contributed by atoms with Crippen molar-refractivity contribution in [1.82, 2.24) is 0 Å². The molecule has 5 rings (SSSR count). The first-order valence-corrected chi connectivity index (χ1v) is 9.44. The molecule has 1 spiro atoms. The van der Waals surface area contributed by atoms with Gasteiger partial charge in [0.1, 0.15) is 0 Å². The van der Waals surface area contributed by atoms with Gasteiger partial charge in [0, 0.05) is 21.2 Å². The molecule has 0 fully saturated rings. The van der Waals surface area contributed by atoms with Gasteiger partial charge in [-0.3, -0.25) is 4.99 Å². The van der Waals surface area contributed by atoms with Crippen molar-refractivity contribution in [2.24, 2.45) is 9.98 Å². The zero-order valence-corrected chi connectivity index (χ0v) is 16.1. The van der Waals surface area contributed by atoms with Crippen molar-refractivity contribution in [3.8, 4) is 23.3 Å². The Kier molecular flexibility index (Phi) is 3.55. The third-order valence-corrected chi connectivity index (χ3v) is 5.66. The van der Waals surface area contributed by atoms with E-state index in [1.165, 1.54) is 0 Å². The molecule has 1 aliphatic carbocycles. The van der Waals surface area contributed by atoms with E-state index in [4.69, 9.17) is 9.98 Å². The van der Waals surface area contributed by atoms with E-state index in [0.717, 1.165) is 38.0 Å². The highest BCUT2D eigenvalue weighted by molar-refractivity contribution is 9.10. The van der Waals surface area contributed by atoms with E-state index in [1.807, 2.05) is 48.5 Å². The van der Waals surface area contributed by atoms with Gasteiger partial charge in [0.2, 0.25) is 5.66 Å². The molecule has 3 aromatic carbocycles. The van der Waals surface area contributed by atoms with Crippen LogP contribution in [0.15, 0.2) is 75.1 Å². The predicted molar refractivity (Wildman–Crippen MR) is 111 cm³/mol. The van der Waals surface area contributed by atoms with Crippen LogP contribution in [0.1, 0.15) is 27.8 Å². The van der Waals surface area contributed by atoms with Crippen LogP contribution in [0.2, 0.25) is 0 Å². The maximum absolute atomic E-state index is 9.38. The van der Waals surface area contributed by atoms with Gasteiger partial charge < -0.3 is 0 Å². The maximum Gasteiger partial charge on any atom is 0.203 e. The molecule has 28 heavy (non-hydrogen) atoms. The molecule has 0 radical (unpaired) electrons. The molecule has 0 saturated carbocycles. The summed E-state index contributed by atoms with van der Waals surface area (Å²) in [7, 11) is 0. The number of nitrogens with zero attached hydrogens (tertiary/aromatic N) is 4. The summed E-state index contributed by atoms with van der Waals surface area (Å²) in [5, 5.41) is 18.8. The summed E-state index contributed by atoms with van der Waals surface area (Å²) >= 11 is 3.45. The largest absolute Gasteiger partial charge is 0.252 e. The topological polar surface area (TPSA) is 72.3 Å². The fourth-order valence-corrected chi connectivity index (χ4v) is 4.09. The lowest BCUT2D eigenvalue weighted by atomic mass is 9.96. The smallest absolute Gasteiger partial charge is 0.203 e. The maximum atomic E-state index is 9.38. The van der Waals surface area contributed by atoms with E-state index in [1.54, 1.807) is 18.3 Å². The Hall–Kier alpha value is -3.54. The second kappa shape index (κ2) is 5.99. The van der Waals surface area contributed by atoms with Crippen molar-refractivity contribution in [1.29, 1.82) is 10.5 Å². The highest BCUT2D eigenvalue weighted by Crippen LogP contribution is 2.52. The van der Waals surface area contributed by atoms with E-state index in [0.29, 0.717) is 11.1 Å². The van der Waals surface area contributed by atoms with Crippen LogP contribution in [-0.4, -0.2) is 11.9 Å². The third kappa shape index (κ3) is 2.27. The Balaban J connectivity index is 1.78. The third-order valence-electron chi connectivity index (χ3n) is 5.13. The summed E-state index contributed by atoms with van der Waals surface area (Å²) in [6.45, 7) is 0. The minimum Gasteiger partial charge on any atom is -0.252 e. The minimum atomic E-state index is -0.952. The van der Waals surface area contributed by atoms with Gasteiger partial charge in [-0.05, 0) is 47.5 Å². The van der Waals surface area contributed by atoms with Gasteiger partial charge in [0.05, 0.1) is 35.2 Å². The Morgan fingerprint density at radius 2 is 1.36 bits per heavy atom. The molecule has 130 valence electrons. The van der Waals surface area contributed by atoms with Gasteiger partial charge in [-0.2, -0.15) is 10.5 Å². The average molecular weight is 423 g/mol. The zero-order valence-electron chi connectivity index (χ0n) is 14.5. The number of halogens is 1. The molecule has 0 bridgehead atoms. The second-order valence-electron chi connectivity index (χ2n) is 6.68. The Morgan fingerprint density at radius 3 is 1.89 bits per heavy atom. The number of benzene rings is 3. The van der Waals surface area contributed by atoms with Crippen molar-refractivity contribution in [3.05, 3.63) is 93.0 Å². The lowest BCUT2D eigenvalue weighted by Gasteiger charge is -2.20. The molecular formula is C23H11BrN4. The first-order chi connectivity index (χ1) is 13.6. The number of hydrogen-bond donors (Lipinski definition) is 0. The SMILES string of the molecule is N#Cc1ccc2c(c1)C1(N=CC(c3ccc(Br)cc3)=N1)c1cc(C#N)ccc1-2. The first-order valence-electron chi connectivity index (χ1n) is 8.65. The molecule has 2 aliphatic rings. The molecule has 0 N–H and O–H groups in total. The van der Waals surface area contributed by atoms with Crippen molar-refractivity contribution in [2.75, 3.05) is 0 Å². The molecule has 0 aromatic heterocycles. The lowest BCUT2D eigenvalue weighted by Crippen LogP contribution is -2.18. The van der Waals surface area contributed by atoms with Crippen molar-refractivity contribution in [3.63, 3.8) is 0 Å². The summed E-state index contributed by atoms with van der Waals surface area (Å²) in [4.78, 5) is 9.83. The van der Waals surface area contributed by atoms with E-state index >= 15 is 0 Å². The quantitative estimate of drug-likeness (QED) is 0.556. The van der Waals surface area contributed by atoms with Crippen LogP contribution in [-0.2, 0) is 5.66 Å². The fourth-order valence-electron chi connectivity index (χ4n) is 3.83. The molecule has 5 heteroatoms. The Bertz CT molecular complexity index is 1220. The number of nitriles is 2. The average Bonchev–Trinajstić information content (AvgIpc) is 3.29. The highest BCUT2D eigenvalue weighted by atomic mass is 79.9. The van der Waals surface area contributed by atoms with Gasteiger partial charge in [-0.1, -0.05) is 40.2 Å². The van der Waals surface area contributed by atoms with Crippen LogP contribution >= 0.6 is 15.9 Å². The molecule has 1 heterocycles. The minimum absolute atomic E-state index is 0.564. The first kappa shape index (κ1) is 16.6. The van der Waals surface area contributed by atoms with Gasteiger partial charge in [-0.25, -0.2) is 4.99 Å². The molecule has 4 nitrogen and oxygen atoms in total. The highest BCUT2D eigenvalue weighted by Gasteiger charge is 2.45. The van der Waals surface area contributed by atoms with Crippen molar-refractivity contribution < 1.29 is 0 Å². The van der Waals surface area contributed by atoms with Crippen molar-refractivity contribution >= 4 is 27.9 Å². The molecule has 0 atom stereocenters. The van der Waals surface area contributed by atoms with Gasteiger partial charge in [0.15, 0.2) is 0 Å². The van der Waals surface area contributed by atoms with Crippen LogP contribution in [0, 0.1) is 22.7 Å². The lowest BCUT2D eigenvalue weighted by molar-refractivity contribution is 0.607. The molecule has 0 amide bonds. The van der Waals surface area contributed by atoms with Crippen LogP contribution in [0.3, 0.4) is 0 Å². The monoisotopic (exact) mass is 422 g/mol. The molecular weight excluding hydrogens is 412 g/mol. The number of fused-ring (bicyclic) bond motifs is 5. The van der Waals surface area contributed by atoms with E-state index < -0.39 is 5.66 Å². The summed E-state index contributed by atoms with van der Waals surface area (Å²) in [5.74, 6) is 0.